The topological polar surface area (TPSA) is 84.9 Å². The van der Waals surface area contributed by atoms with Gasteiger partial charge in [0, 0.05) is 18.0 Å². The molecule has 2 rings (SSSR count). The highest BCUT2D eigenvalue weighted by atomic mass is 16.3. The van der Waals surface area contributed by atoms with Gasteiger partial charge in [-0.3, -0.25) is 0 Å². The van der Waals surface area contributed by atoms with Crippen LogP contribution in [0.1, 0.15) is 12.7 Å². The van der Waals surface area contributed by atoms with Crippen LogP contribution in [0.3, 0.4) is 0 Å². The number of rotatable bonds is 3. The number of hydrogen-bond donors (Lipinski definition) is 2. The molecular weight excluding hydrogens is 216 g/mol. The number of benzene rings is 1. The minimum atomic E-state index is -0.00349. The summed E-state index contributed by atoms with van der Waals surface area (Å²) in [6.07, 6.45) is 2.15. The number of phenolic OH excluding ortho intramolecular Hbond substituents is 1. The van der Waals surface area contributed by atoms with E-state index in [1.165, 1.54) is 0 Å². The lowest BCUT2D eigenvalue weighted by Crippen LogP contribution is -2.19. The molecule has 0 saturated heterocycles. The van der Waals surface area contributed by atoms with Crippen molar-refractivity contribution in [3.05, 3.63) is 36.3 Å². The minimum Gasteiger partial charge on any atom is -0.508 e. The normalized spacial score (nSPS) is 12.4. The molecule has 0 aliphatic heterocycles. The number of hydrogen-bond acceptors (Lipinski definition) is 5. The SMILES string of the molecule is CC(N)Cc1nncc(-c2cccc(O)c2)n1. The van der Waals surface area contributed by atoms with E-state index < -0.39 is 0 Å². The summed E-state index contributed by atoms with van der Waals surface area (Å²) in [6.45, 7) is 1.89. The lowest BCUT2D eigenvalue weighted by molar-refractivity contribution is 0.475. The summed E-state index contributed by atoms with van der Waals surface area (Å²) in [7, 11) is 0. The van der Waals surface area contributed by atoms with E-state index >= 15 is 0 Å². The molecule has 1 unspecified atom stereocenters. The van der Waals surface area contributed by atoms with Crippen LogP contribution in [0.4, 0.5) is 0 Å². The molecule has 0 aliphatic carbocycles. The molecule has 0 aliphatic rings. The number of aromatic hydroxyl groups is 1. The molecule has 0 radical (unpaired) electrons. The van der Waals surface area contributed by atoms with E-state index in [0.717, 1.165) is 5.56 Å². The van der Waals surface area contributed by atoms with Crippen molar-refractivity contribution in [2.24, 2.45) is 5.73 Å². The van der Waals surface area contributed by atoms with E-state index in [1.807, 2.05) is 13.0 Å². The Kier molecular flexibility index (Phi) is 3.30. The summed E-state index contributed by atoms with van der Waals surface area (Å²) in [6, 6.07) is 6.87. The van der Waals surface area contributed by atoms with Gasteiger partial charge in [0.2, 0.25) is 0 Å². The predicted molar refractivity (Wildman–Crippen MR) is 64.3 cm³/mol. The Labute approximate surface area is 99.3 Å². The third kappa shape index (κ3) is 2.98. The smallest absolute Gasteiger partial charge is 0.153 e. The monoisotopic (exact) mass is 230 g/mol. The molecule has 5 nitrogen and oxygen atoms in total. The molecule has 0 fully saturated rings. The molecule has 0 bridgehead atoms. The van der Waals surface area contributed by atoms with Crippen molar-refractivity contribution in [2.75, 3.05) is 0 Å². The maximum absolute atomic E-state index is 9.41. The van der Waals surface area contributed by atoms with Gasteiger partial charge in [0.25, 0.3) is 0 Å². The first-order valence-corrected chi connectivity index (χ1v) is 5.39. The number of nitrogens with two attached hydrogens (primary N) is 1. The highest BCUT2D eigenvalue weighted by molar-refractivity contribution is 5.59. The van der Waals surface area contributed by atoms with Gasteiger partial charge in [0.05, 0.1) is 11.9 Å². The minimum absolute atomic E-state index is 0.00349. The Morgan fingerprint density at radius 3 is 2.94 bits per heavy atom. The highest BCUT2D eigenvalue weighted by Gasteiger charge is 2.05. The lowest BCUT2D eigenvalue weighted by atomic mass is 10.1. The second kappa shape index (κ2) is 4.88. The molecule has 3 N–H and O–H groups in total. The van der Waals surface area contributed by atoms with Crippen molar-refractivity contribution >= 4 is 0 Å². The third-order valence-corrected chi connectivity index (χ3v) is 2.25. The number of aromatic nitrogens is 3. The van der Waals surface area contributed by atoms with E-state index in [2.05, 4.69) is 15.2 Å². The maximum Gasteiger partial charge on any atom is 0.153 e. The van der Waals surface area contributed by atoms with Crippen LogP contribution >= 0.6 is 0 Å². The van der Waals surface area contributed by atoms with Crippen LogP contribution < -0.4 is 5.73 Å². The molecule has 5 heteroatoms. The zero-order chi connectivity index (χ0) is 12.3. The van der Waals surface area contributed by atoms with Crippen LogP contribution in [0.5, 0.6) is 5.75 Å². The zero-order valence-electron chi connectivity index (χ0n) is 9.54. The van der Waals surface area contributed by atoms with Crippen molar-refractivity contribution in [3.8, 4) is 17.0 Å². The molecule has 1 heterocycles. The van der Waals surface area contributed by atoms with E-state index in [9.17, 15) is 5.11 Å². The van der Waals surface area contributed by atoms with Gasteiger partial charge in [-0.1, -0.05) is 12.1 Å². The molecule has 0 spiro atoms. The Bertz CT molecular complexity index is 513. The number of phenols is 1. The molecule has 17 heavy (non-hydrogen) atoms. The maximum atomic E-state index is 9.41. The second-order valence-corrected chi connectivity index (χ2v) is 3.99. The van der Waals surface area contributed by atoms with Crippen molar-refractivity contribution in [3.63, 3.8) is 0 Å². The van der Waals surface area contributed by atoms with Crippen LogP contribution in [-0.4, -0.2) is 26.3 Å². The van der Waals surface area contributed by atoms with Gasteiger partial charge >= 0.3 is 0 Å². The van der Waals surface area contributed by atoms with Crippen molar-refractivity contribution in [2.45, 2.75) is 19.4 Å². The summed E-state index contributed by atoms with van der Waals surface area (Å²) >= 11 is 0. The summed E-state index contributed by atoms with van der Waals surface area (Å²) in [5.74, 6) is 0.815. The second-order valence-electron chi connectivity index (χ2n) is 3.99. The fraction of sp³-hybridized carbons (Fsp3) is 0.250. The first kappa shape index (κ1) is 11.5. The van der Waals surface area contributed by atoms with E-state index in [4.69, 9.17) is 5.73 Å². The van der Waals surface area contributed by atoms with Crippen LogP contribution in [0.25, 0.3) is 11.3 Å². The average molecular weight is 230 g/mol. The summed E-state index contributed by atoms with van der Waals surface area (Å²) in [5, 5.41) is 17.2. The largest absolute Gasteiger partial charge is 0.508 e. The first-order chi connectivity index (χ1) is 8.15. The van der Waals surface area contributed by atoms with Crippen molar-refractivity contribution in [1.29, 1.82) is 0 Å². The molecule has 0 saturated carbocycles. The van der Waals surface area contributed by atoms with Crippen molar-refractivity contribution < 1.29 is 5.11 Å². The van der Waals surface area contributed by atoms with Crippen LogP contribution in [0.15, 0.2) is 30.5 Å². The molecule has 1 atom stereocenters. The zero-order valence-corrected chi connectivity index (χ0v) is 9.54. The highest BCUT2D eigenvalue weighted by Crippen LogP contribution is 2.20. The van der Waals surface area contributed by atoms with Gasteiger partial charge in [0.1, 0.15) is 5.75 Å². The van der Waals surface area contributed by atoms with Crippen LogP contribution in [0.2, 0.25) is 0 Å². The Morgan fingerprint density at radius 2 is 2.24 bits per heavy atom. The van der Waals surface area contributed by atoms with Crippen LogP contribution in [0, 0.1) is 0 Å². The summed E-state index contributed by atoms with van der Waals surface area (Å²) < 4.78 is 0. The van der Waals surface area contributed by atoms with Gasteiger partial charge in [-0.25, -0.2) is 4.98 Å². The predicted octanol–water partition coefficient (Wildman–Crippen LogP) is 1.13. The molecule has 88 valence electrons. The van der Waals surface area contributed by atoms with Gasteiger partial charge in [-0.2, -0.15) is 5.10 Å². The molecule has 1 aromatic heterocycles. The van der Waals surface area contributed by atoms with Gasteiger partial charge in [0.15, 0.2) is 5.82 Å². The van der Waals surface area contributed by atoms with Gasteiger partial charge in [-0.05, 0) is 19.1 Å². The fourth-order valence-corrected chi connectivity index (χ4v) is 1.52. The average Bonchev–Trinajstić information content (AvgIpc) is 2.28. The fourth-order valence-electron chi connectivity index (χ4n) is 1.52. The lowest BCUT2D eigenvalue weighted by Gasteiger charge is -2.05. The Morgan fingerprint density at radius 1 is 1.41 bits per heavy atom. The van der Waals surface area contributed by atoms with Crippen LogP contribution in [-0.2, 0) is 6.42 Å². The van der Waals surface area contributed by atoms with E-state index in [0.29, 0.717) is 17.9 Å². The molecule has 2 aromatic rings. The molecule has 1 aromatic carbocycles. The molecular formula is C12H14N4O. The summed E-state index contributed by atoms with van der Waals surface area (Å²) in [4.78, 5) is 4.36. The summed E-state index contributed by atoms with van der Waals surface area (Å²) in [5.41, 5.74) is 7.19. The number of nitrogens with zero attached hydrogens (tertiary/aromatic N) is 3. The van der Waals surface area contributed by atoms with E-state index in [1.54, 1.807) is 24.4 Å². The molecule has 0 amide bonds. The Balaban J connectivity index is 2.33. The third-order valence-electron chi connectivity index (χ3n) is 2.25. The van der Waals surface area contributed by atoms with Crippen molar-refractivity contribution in [1.82, 2.24) is 15.2 Å². The quantitative estimate of drug-likeness (QED) is 0.825. The standard InChI is InChI=1S/C12H14N4O/c1-8(13)5-12-15-11(7-14-16-12)9-3-2-4-10(17)6-9/h2-4,6-8,17H,5,13H2,1H3. The van der Waals surface area contributed by atoms with Gasteiger partial charge in [-0.15, -0.1) is 5.10 Å². The first-order valence-electron chi connectivity index (χ1n) is 5.39. The van der Waals surface area contributed by atoms with E-state index in [-0.39, 0.29) is 11.8 Å². The van der Waals surface area contributed by atoms with Gasteiger partial charge < -0.3 is 10.8 Å². The Hall–Kier alpha value is -2.01.